The molecule has 2 aromatic rings. The van der Waals surface area contributed by atoms with Gasteiger partial charge >= 0.3 is 0 Å². The fraction of sp³-hybridized carbons (Fsp3) is 0.478. The Morgan fingerprint density at radius 2 is 1.90 bits per heavy atom. The first kappa shape index (κ1) is 21.1. The highest BCUT2D eigenvalue weighted by molar-refractivity contribution is 5.99. The van der Waals surface area contributed by atoms with E-state index in [1.165, 1.54) is 6.07 Å². The molecule has 4 rings (SSSR count). The molecule has 2 heterocycles. The molecular weight excluding hydrogens is 394 g/mol. The van der Waals surface area contributed by atoms with Crippen LogP contribution in [0.3, 0.4) is 0 Å². The second kappa shape index (κ2) is 8.91. The first-order chi connectivity index (χ1) is 14.9. The van der Waals surface area contributed by atoms with Crippen molar-refractivity contribution in [3.8, 4) is 0 Å². The van der Waals surface area contributed by atoms with Gasteiger partial charge < -0.3 is 15.5 Å². The quantitative estimate of drug-likeness (QED) is 0.712. The van der Waals surface area contributed by atoms with Crippen molar-refractivity contribution in [2.24, 2.45) is 5.92 Å². The third-order valence-corrected chi connectivity index (χ3v) is 5.69. The highest BCUT2D eigenvalue weighted by Crippen LogP contribution is 2.20. The lowest BCUT2D eigenvalue weighted by atomic mass is 10.0. The molecule has 1 aliphatic carbocycles. The molecule has 8 nitrogen and oxygen atoms in total. The molecule has 3 amide bonds. The van der Waals surface area contributed by atoms with E-state index in [2.05, 4.69) is 15.7 Å². The van der Waals surface area contributed by atoms with E-state index in [1.54, 1.807) is 9.58 Å². The number of aryl methyl sites for hydroxylation is 1. The number of nitrogens with one attached hydrogen (secondary N) is 2. The molecule has 0 saturated heterocycles. The summed E-state index contributed by atoms with van der Waals surface area (Å²) in [5.41, 5.74) is 1.63. The average Bonchev–Trinajstić information content (AvgIpc) is 3.48. The van der Waals surface area contributed by atoms with Crippen molar-refractivity contribution in [2.75, 3.05) is 6.54 Å². The Hall–Kier alpha value is -3.16. The molecule has 1 aromatic heterocycles. The van der Waals surface area contributed by atoms with Gasteiger partial charge in [0.2, 0.25) is 5.91 Å². The van der Waals surface area contributed by atoms with Gasteiger partial charge in [-0.1, -0.05) is 44.2 Å². The zero-order chi connectivity index (χ0) is 22.0. The number of carbonyl (C=O) groups is 3. The van der Waals surface area contributed by atoms with Crippen LogP contribution in [0.1, 0.15) is 59.7 Å². The molecule has 31 heavy (non-hydrogen) atoms. The molecule has 0 radical (unpaired) electrons. The van der Waals surface area contributed by atoms with Gasteiger partial charge in [0.15, 0.2) is 5.69 Å². The van der Waals surface area contributed by atoms with Crippen LogP contribution < -0.4 is 10.6 Å². The second-order valence-corrected chi connectivity index (χ2v) is 8.68. The van der Waals surface area contributed by atoms with E-state index in [-0.39, 0.29) is 29.5 Å². The Balaban J connectivity index is 1.48. The molecule has 8 heteroatoms. The van der Waals surface area contributed by atoms with E-state index < -0.39 is 11.9 Å². The number of hydrogen-bond acceptors (Lipinski definition) is 4. The third-order valence-electron chi connectivity index (χ3n) is 5.69. The van der Waals surface area contributed by atoms with Gasteiger partial charge in [-0.3, -0.25) is 19.1 Å². The number of amides is 3. The van der Waals surface area contributed by atoms with E-state index >= 15 is 0 Å². The highest BCUT2D eigenvalue weighted by atomic mass is 16.2. The van der Waals surface area contributed by atoms with E-state index in [0.29, 0.717) is 25.3 Å². The van der Waals surface area contributed by atoms with E-state index in [9.17, 15) is 14.4 Å². The minimum Gasteiger partial charge on any atom is -0.352 e. The summed E-state index contributed by atoms with van der Waals surface area (Å²) in [6.07, 6.45) is 2.73. The fourth-order valence-corrected chi connectivity index (χ4v) is 3.77. The molecule has 0 spiro atoms. The minimum absolute atomic E-state index is 0.0638. The van der Waals surface area contributed by atoms with Gasteiger partial charge in [-0.2, -0.15) is 5.10 Å². The van der Waals surface area contributed by atoms with Gasteiger partial charge in [0, 0.05) is 31.7 Å². The summed E-state index contributed by atoms with van der Waals surface area (Å²) in [6.45, 7) is 5.50. The zero-order valence-electron chi connectivity index (χ0n) is 18.0. The van der Waals surface area contributed by atoms with Crippen molar-refractivity contribution in [1.82, 2.24) is 25.3 Å². The summed E-state index contributed by atoms with van der Waals surface area (Å²) in [4.78, 5) is 40.3. The first-order valence-electron chi connectivity index (χ1n) is 10.9. The van der Waals surface area contributed by atoms with Crippen LogP contribution in [-0.4, -0.2) is 51.0 Å². The van der Waals surface area contributed by atoms with Crippen molar-refractivity contribution >= 4 is 17.7 Å². The summed E-state index contributed by atoms with van der Waals surface area (Å²) in [6, 6.07) is 11.0. The molecule has 1 saturated carbocycles. The van der Waals surface area contributed by atoms with E-state index in [0.717, 1.165) is 24.8 Å². The summed E-state index contributed by atoms with van der Waals surface area (Å²) in [5, 5.41) is 10.1. The van der Waals surface area contributed by atoms with E-state index in [1.807, 2.05) is 44.2 Å². The molecule has 1 aliphatic heterocycles. The number of nitrogens with zero attached hydrogens (tertiary/aromatic N) is 3. The maximum atomic E-state index is 13.1. The van der Waals surface area contributed by atoms with Crippen LogP contribution in [0.15, 0.2) is 36.4 Å². The third kappa shape index (κ3) is 4.95. The van der Waals surface area contributed by atoms with Gasteiger partial charge in [0.05, 0.1) is 0 Å². The number of hydrogen-bond donors (Lipinski definition) is 2. The predicted molar refractivity (Wildman–Crippen MR) is 115 cm³/mol. The molecule has 1 aromatic carbocycles. The summed E-state index contributed by atoms with van der Waals surface area (Å²) < 4.78 is 1.61. The minimum atomic E-state index is -0.639. The lowest BCUT2D eigenvalue weighted by molar-refractivity contribution is -0.124. The topological polar surface area (TPSA) is 96.3 Å². The zero-order valence-corrected chi connectivity index (χ0v) is 18.0. The van der Waals surface area contributed by atoms with Crippen LogP contribution in [0, 0.1) is 5.92 Å². The van der Waals surface area contributed by atoms with Crippen LogP contribution in [-0.2, 0) is 17.9 Å². The molecular formula is C23H29N5O3. The average molecular weight is 424 g/mol. The van der Waals surface area contributed by atoms with Gasteiger partial charge in [-0.05, 0) is 30.7 Å². The maximum Gasteiger partial charge on any atom is 0.272 e. The largest absolute Gasteiger partial charge is 0.352 e. The Labute approximate surface area is 182 Å². The van der Waals surface area contributed by atoms with Crippen molar-refractivity contribution in [3.05, 3.63) is 53.3 Å². The Morgan fingerprint density at radius 1 is 1.16 bits per heavy atom. The normalized spacial score (nSPS) is 17.1. The second-order valence-electron chi connectivity index (χ2n) is 8.68. The predicted octanol–water partition coefficient (Wildman–Crippen LogP) is 1.96. The monoisotopic (exact) mass is 423 g/mol. The van der Waals surface area contributed by atoms with Crippen molar-refractivity contribution < 1.29 is 14.4 Å². The number of fused-ring (bicyclic) bond motifs is 1. The molecule has 1 atom stereocenters. The summed E-state index contributed by atoms with van der Waals surface area (Å²) >= 11 is 0. The van der Waals surface area contributed by atoms with Crippen LogP contribution in [0.4, 0.5) is 0 Å². The Kier molecular flexibility index (Phi) is 6.06. The van der Waals surface area contributed by atoms with Gasteiger partial charge in [-0.25, -0.2) is 0 Å². The number of carbonyl (C=O) groups excluding carboxylic acids is 3. The highest BCUT2D eigenvalue weighted by Gasteiger charge is 2.32. The van der Waals surface area contributed by atoms with E-state index in [4.69, 9.17) is 0 Å². The molecule has 0 bridgehead atoms. The smallest absolute Gasteiger partial charge is 0.272 e. The number of rotatable bonds is 7. The standard InChI is InChI=1S/C23H29N5O3/c1-15(2)20(22(30)24-17-9-10-17)25-21(29)18-13-19-23(31)27(11-6-12-28(19)26-18)14-16-7-4-3-5-8-16/h3-5,7-8,13,15,17,20H,6,9-12,14H2,1-2H3,(H,24,30)(H,25,29)/t20-/m0/s1. The lowest BCUT2D eigenvalue weighted by Gasteiger charge is -2.21. The molecule has 2 N–H and O–H groups in total. The fourth-order valence-electron chi connectivity index (χ4n) is 3.77. The SMILES string of the molecule is CC(C)[C@H](NC(=O)c1cc2n(n1)CCCN(Cc1ccccc1)C2=O)C(=O)NC1CC1. The summed E-state index contributed by atoms with van der Waals surface area (Å²) in [7, 11) is 0. The number of aromatic nitrogens is 2. The molecule has 2 aliphatic rings. The lowest BCUT2D eigenvalue weighted by Crippen LogP contribution is -2.50. The van der Waals surface area contributed by atoms with Crippen LogP contribution in [0.25, 0.3) is 0 Å². The Bertz CT molecular complexity index is 965. The number of benzene rings is 1. The van der Waals surface area contributed by atoms with Crippen LogP contribution >= 0.6 is 0 Å². The maximum absolute atomic E-state index is 13.1. The van der Waals surface area contributed by atoms with Gasteiger partial charge in [0.1, 0.15) is 11.7 Å². The Morgan fingerprint density at radius 3 is 2.58 bits per heavy atom. The van der Waals surface area contributed by atoms with Crippen LogP contribution in [0.2, 0.25) is 0 Å². The molecule has 1 fully saturated rings. The summed E-state index contributed by atoms with van der Waals surface area (Å²) in [5.74, 6) is -0.810. The molecule has 0 unspecified atom stereocenters. The van der Waals surface area contributed by atoms with Gasteiger partial charge in [-0.15, -0.1) is 0 Å². The van der Waals surface area contributed by atoms with Gasteiger partial charge in [0.25, 0.3) is 11.8 Å². The van der Waals surface area contributed by atoms with Crippen molar-refractivity contribution in [1.29, 1.82) is 0 Å². The van der Waals surface area contributed by atoms with Crippen molar-refractivity contribution in [2.45, 2.75) is 58.3 Å². The first-order valence-corrected chi connectivity index (χ1v) is 10.9. The van der Waals surface area contributed by atoms with Crippen LogP contribution in [0.5, 0.6) is 0 Å². The molecule has 164 valence electrons. The van der Waals surface area contributed by atoms with Crippen molar-refractivity contribution in [3.63, 3.8) is 0 Å².